The summed E-state index contributed by atoms with van der Waals surface area (Å²) in [5.74, 6) is 1.46. The van der Waals surface area contributed by atoms with Gasteiger partial charge in [-0.2, -0.15) is 0 Å². The lowest BCUT2D eigenvalue weighted by atomic mass is 10.1. The summed E-state index contributed by atoms with van der Waals surface area (Å²) in [6.45, 7) is 0. The zero-order chi connectivity index (χ0) is 7.14. The van der Waals surface area contributed by atoms with Crippen molar-refractivity contribution in [1.82, 2.24) is 0 Å². The van der Waals surface area contributed by atoms with Crippen LogP contribution in [0.5, 0.6) is 0 Å². The molecule has 0 radical (unpaired) electrons. The van der Waals surface area contributed by atoms with Crippen LogP contribution in [0.3, 0.4) is 0 Å². The van der Waals surface area contributed by atoms with Crippen molar-refractivity contribution in [2.75, 3.05) is 0 Å². The van der Waals surface area contributed by atoms with Gasteiger partial charge in [0.25, 0.3) is 0 Å². The van der Waals surface area contributed by atoms with Crippen molar-refractivity contribution in [2.24, 2.45) is 11.8 Å². The maximum absolute atomic E-state index is 3.61. The van der Waals surface area contributed by atoms with Crippen LogP contribution in [0, 0.1) is 11.8 Å². The summed E-state index contributed by atoms with van der Waals surface area (Å²) in [5, 5.41) is 0. The van der Waals surface area contributed by atoms with Gasteiger partial charge in [0.05, 0.1) is 0 Å². The maximum Gasteiger partial charge on any atom is 0.0322 e. The van der Waals surface area contributed by atoms with Crippen LogP contribution in [0.2, 0.25) is 0 Å². The predicted molar refractivity (Wildman–Crippen MR) is 50.7 cm³/mol. The second-order valence-electron chi connectivity index (χ2n) is 2.81. The van der Waals surface area contributed by atoms with E-state index in [0.717, 1.165) is 5.92 Å². The maximum atomic E-state index is 3.61. The fourth-order valence-corrected chi connectivity index (χ4v) is 3.51. The van der Waals surface area contributed by atoms with E-state index in [1.807, 2.05) is 0 Å². The average Bonchev–Trinajstić information content (AvgIpc) is 2.37. The molecule has 0 aliphatic heterocycles. The van der Waals surface area contributed by atoms with Crippen molar-refractivity contribution in [3.8, 4) is 0 Å². The van der Waals surface area contributed by atoms with E-state index in [1.54, 1.807) is 0 Å². The largest absolute Gasteiger partial charge is 0.0875 e. The molecule has 1 fully saturated rings. The Morgan fingerprint density at radius 2 is 1.40 bits per heavy atom. The molecule has 54 valence electrons. The Morgan fingerprint density at radius 3 is 1.80 bits per heavy atom. The molecule has 2 rings (SSSR count). The Bertz CT molecular complexity index is 175. The van der Waals surface area contributed by atoms with Crippen molar-refractivity contribution in [3.05, 3.63) is 24.3 Å². The van der Waals surface area contributed by atoms with Gasteiger partial charge in [0.1, 0.15) is 0 Å². The molecule has 0 nitrogen and oxygen atoms in total. The second kappa shape index (κ2) is 2.49. The van der Waals surface area contributed by atoms with E-state index in [0.29, 0.717) is 15.6 Å². The van der Waals surface area contributed by atoms with Gasteiger partial charge in [-0.1, -0.05) is 56.2 Å². The molecule has 1 saturated carbocycles. The summed E-state index contributed by atoms with van der Waals surface area (Å²) < 4.78 is 0. The Hall–Kier alpha value is 0.440. The topological polar surface area (TPSA) is 0 Å². The SMILES string of the molecule is BrC1C(Br)C1C1C=CC=C1. The van der Waals surface area contributed by atoms with E-state index >= 15 is 0 Å². The van der Waals surface area contributed by atoms with Crippen LogP contribution in [0.4, 0.5) is 0 Å². The number of hydrogen-bond donors (Lipinski definition) is 0. The summed E-state index contributed by atoms with van der Waals surface area (Å²) in [6.07, 6.45) is 8.78. The molecule has 2 aliphatic rings. The van der Waals surface area contributed by atoms with E-state index in [-0.39, 0.29) is 0 Å². The van der Waals surface area contributed by atoms with Gasteiger partial charge in [-0.25, -0.2) is 0 Å². The Balaban J connectivity index is 2.03. The molecule has 0 aromatic carbocycles. The van der Waals surface area contributed by atoms with Gasteiger partial charge < -0.3 is 0 Å². The third kappa shape index (κ3) is 1.02. The Labute approximate surface area is 77.6 Å². The first-order valence-corrected chi connectivity index (χ1v) is 5.27. The number of halogens is 2. The highest BCUT2D eigenvalue weighted by Gasteiger charge is 2.49. The molecular weight excluding hydrogens is 256 g/mol. The quantitative estimate of drug-likeness (QED) is 0.639. The zero-order valence-corrected chi connectivity index (χ0v) is 8.55. The fraction of sp³-hybridized carbons (Fsp3) is 0.500. The molecule has 0 N–H and O–H groups in total. The average molecular weight is 264 g/mol. The summed E-state index contributed by atoms with van der Waals surface area (Å²) in [7, 11) is 0. The molecule has 0 spiro atoms. The van der Waals surface area contributed by atoms with Crippen LogP contribution in [0.1, 0.15) is 0 Å². The standard InChI is InChI=1S/C8H8Br2/c9-7-6(8(7)10)5-3-1-2-4-5/h1-8H. The minimum Gasteiger partial charge on any atom is -0.0875 e. The lowest BCUT2D eigenvalue weighted by Gasteiger charge is -1.99. The van der Waals surface area contributed by atoms with E-state index in [4.69, 9.17) is 0 Å². The molecule has 2 unspecified atom stereocenters. The van der Waals surface area contributed by atoms with Crippen LogP contribution in [0.15, 0.2) is 24.3 Å². The van der Waals surface area contributed by atoms with Crippen LogP contribution in [-0.2, 0) is 0 Å². The third-order valence-electron chi connectivity index (χ3n) is 2.12. The summed E-state index contributed by atoms with van der Waals surface area (Å²) in [6, 6.07) is 0. The number of rotatable bonds is 1. The first kappa shape index (κ1) is 7.11. The van der Waals surface area contributed by atoms with Gasteiger partial charge in [-0.05, 0) is 5.92 Å². The van der Waals surface area contributed by atoms with Crippen molar-refractivity contribution in [1.29, 1.82) is 0 Å². The van der Waals surface area contributed by atoms with Gasteiger partial charge >= 0.3 is 0 Å². The molecule has 10 heavy (non-hydrogen) atoms. The summed E-state index contributed by atoms with van der Waals surface area (Å²) in [5.41, 5.74) is 0. The molecule has 2 heteroatoms. The molecule has 0 bridgehead atoms. The van der Waals surface area contributed by atoms with Crippen molar-refractivity contribution in [3.63, 3.8) is 0 Å². The van der Waals surface area contributed by atoms with Crippen LogP contribution in [0.25, 0.3) is 0 Å². The van der Waals surface area contributed by atoms with E-state index < -0.39 is 0 Å². The molecule has 2 atom stereocenters. The minimum absolute atomic E-state index is 0.675. The number of hydrogen-bond acceptors (Lipinski definition) is 0. The van der Waals surface area contributed by atoms with Crippen LogP contribution in [-0.4, -0.2) is 9.65 Å². The molecule has 0 amide bonds. The molecule has 0 saturated heterocycles. The first-order chi connectivity index (χ1) is 4.80. The van der Waals surface area contributed by atoms with Crippen molar-refractivity contribution in [2.45, 2.75) is 9.65 Å². The summed E-state index contributed by atoms with van der Waals surface area (Å²) >= 11 is 7.22. The molecular formula is C8H8Br2. The lowest BCUT2D eigenvalue weighted by molar-refractivity contribution is 0.714. The van der Waals surface area contributed by atoms with Gasteiger partial charge in [0.15, 0.2) is 0 Å². The van der Waals surface area contributed by atoms with E-state index in [2.05, 4.69) is 56.2 Å². The fourth-order valence-electron chi connectivity index (χ4n) is 1.39. The Morgan fingerprint density at radius 1 is 0.900 bits per heavy atom. The van der Waals surface area contributed by atoms with Gasteiger partial charge in [0.2, 0.25) is 0 Å². The highest BCUT2D eigenvalue weighted by Crippen LogP contribution is 2.50. The van der Waals surface area contributed by atoms with Gasteiger partial charge in [-0.15, -0.1) is 0 Å². The molecule has 0 heterocycles. The minimum atomic E-state index is 0.675. The predicted octanol–water partition coefficient (Wildman–Crippen LogP) is 2.89. The van der Waals surface area contributed by atoms with E-state index in [1.165, 1.54) is 0 Å². The number of alkyl halides is 2. The van der Waals surface area contributed by atoms with Gasteiger partial charge in [0, 0.05) is 15.6 Å². The number of allylic oxidation sites excluding steroid dienone is 4. The van der Waals surface area contributed by atoms with Gasteiger partial charge in [-0.3, -0.25) is 0 Å². The van der Waals surface area contributed by atoms with Crippen molar-refractivity contribution < 1.29 is 0 Å². The van der Waals surface area contributed by atoms with E-state index in [9.17, 15) is 0 Å². The monoisotopic (exact) mass is 262 g/mol. The van der Waals surface area contributed by atoms with Crippen molar-refractivity contribution >= 4 is 31.9 Å². The lowest BCUT2D eigenvalue weighted by Crippen LogP contribution is -1.94. The third-order valence-corrected chi connectivity index (χ3v) is 5.19. The summed E-state index contributed by atoms with van der Waals surface area (Å²) in [4.78, 5) is 1.37. The second-order valence-corrected chi connectivity index (χ2v) is 4.93. The first-order valence-electron chi connectivity index (χ1n) is 3.44. The van der Waals surface area contributed by atoms with Crippen LogP contribution >= 0.6 is 31.9 Å². The highest BCUT2D eigenvalue weighted by molar-refractivity contribution is 9.13. The smallest absolute Gasteiger partial charge is 0.0322 e. The molecule has 0 aromatic rings. The molecule has 2 aliphatic carbocycles. The zero-order valence-electron chi connectivity index (χ0n) is 5.37. The normalized spacial score (nSPS) is 44.8. The Kier molecular flexibility index (Phi) is 1.77. The van der Waals surface area contributed by atoms with Crippen LogP contribution < -0.4 is 0 Å². The molecule has 0 aromatic heterocycles. The highest BCUT2D eigenvalue weighted by atomic mass is 79.9.